The van der Waals surface area contributed by atoms with Crippen molar-refractivity contribution in [1.82, 2.24) is 5.32 Å². The number of benzene rings is 1. The second-order valence-electron chi connectivity index (χ2n) is 7.13. The number of amides is 3. The lowest BCUT2D eigenvalue weighted by Gasteiger charge is -2.40. The number of fused-ring (bicyclic) bond motifs is 2. The Bertz CT molecular complexity index is 731. The first-order valence-corrected chi connectivity index (χ1v) is 8.81. The van der Waals surface area contributed by atoms with Gasteiger partial charge in [0.15, 0.2) is 0 Å². The summed E-state index contributed by atoms with van der Waals surface area (Å²) in [7, 11) is 1.80. The van der Waals surface area contributed by atoms with Gasteiger partial charge in [-0.1, -0.05) is 12.8 Å². The minimum absolute atomic E-state index is 0.0638. The van der Waals surface area contributed by atoms with Crippen molar-refractivity contribution < 1.29 is 14.4 Å². The second-order valence-corrected chi connectivity index (χ2v) is 7.13. The number of nitrogens with zero attached hydrogens (tertiary/aromatic N) is 1. The molecule has 0 radical (unpaired) electrons. The SMILES string of the molecule is CC(=O)NCC1CCCCC12C(=O)N(C)c1ccc(NC(C)=O)cc12. The van der Waals surface area contributed by atoms with Gasteiger partial charge in [-0.05, 0) is 42.5 Å². The van der Waals surface area contributed by atoms with Crippen LogP contribution in [0, 0.1) is 5.92 Å². The summed E-state index contributed by atoms with van der Waals surface area (Å²) in [5, 5.41) is 5.71. The molecule has 2 unspecified atom stereocenters. The Morgan fingerprint density at radius 1 is 1.24 bits per heavy atom. The van der Waals surface area contributed by atoms with E-state index in [1.54, 1.807) is 11.9 Å². The molecule has 1 aromatic rings. The molecular weight excluding hydrogens is 318 g/mol. The molecule has 0 aromatic heterocycles. The van der Waals surface area contributed by atoms with E-state index in [4.69, 9.17) is 0 Å². The van der Waals surface area contributed by atoms with E-state index in [1.807, 2.05) is 18.2 Å². The zero-order chi connectivity index (χ0) is 18.2. The zero-order valence-corrected chi connectivity index (χ0v) is 15.0. The molecule has 134 valence electrons. The van der Waals surface area contributed by atoms with Crippen LogP contribution < -0.4 is 15.5 Å². The van der Waals surface area contributed by atoms with Gasteiger partial charge in [0.05, 0.1) is 5.41 Å². The van der Waals surface area contributed by atoms with Gasteiger partial charge in [-0.2, -0.15) is 0 Å². The van der Waals surface area contributed by atoms with Gasteiger partial charge in [-0.25, -0.2) is 0 Å². The van der Waals surface area contributed by atoms with Gasteiger partial charge < -0.3 is 15.5 Å². The van der Waals surface area contributed by atoms with Crippen molar-refractivity contribution in [3.63, 3.8) is 0 Å². The Hall–Kier alpha value is -2.37. The van der Waals surface area contributed by atoms with Gasteiger partial charge in [0.25, 0.3) is 0 Å². The number of likely N-dealkylation sites (N-methyl/N-ethyl adjacent to an activating group) is 1. The third-order valence-corrected chi connectivity index (χ3v) is 5.51. The minimum Gasteiger partial charge on any atom is -0.356 e. The molecule has 25 heavy (non-hydrogen) atoms. The van der Waals surface area contributed by atoms with E-state index < -0.39 is 5.41 Å². The fraction of sp³-hybridized carbons (Fsp3) is 0.526. The highest BCUT2D eigenvalue weighted by atomic mass is 16.2. The molecule has 0 bridgehead atoms. The fourth-order valence-corrected chi connectivity index (χ4v) is 4.42. The highest BCUT2D eigenvalue weighted by Crippen LogP contribution is 2.53. The number of rotatable bonds is 3. The molecule has 6 nitrogen and oxygen atoms in total. The van der Waals surface area contributed by atoms with Gasteiger partial charge in [0, 0.05) is 38.8 Å². The third-order valence-electron chi connectivity index (χ3n) is 5.51. The van der Waals surface area contributed by atoms with Crippen LogP contribution >= 0.6 is 0 Å². The molecule has 2 aliphatic rings. The maximum atomic E-state index is 13.3. The van der Waals surface area contributed by atoms with Crippen LogP contribution in [0.3, 0.4) is 0 Å². The highest BCUT2D eigenvalue weighted by molar-refractivity contribution is 6.08. The summed E-state index contributed by atoms with van der Waals surface area (Å²) < 4.78 is 0. The van der Waals surface area contributed by atoms with E-state index in [2.05, 4.69) is 10.6 Å². The van der Waals surface area contributed by atoms with Crippen molar-refractivity contribution in [2.24, 2.45) is 5.92 Å². The molecule has 1 saturated carbocycles. The molecular formula is C19H25N3O3. The summed E-state index contributed by atoms with van der Waals surface area (Å²) >= 11 is 0. The monoisotopic (exact) mass is 343 g/mol. The molecule has 1 aliphatic carbocycles. The van der Waals surface area contributed by atoms with Crippen LogP contribution in [0.25, 0.3) is 0 Å². The number of anilines is 2. The Balaban J connectivity index is 2.06. The van der Waals surface area contributed by atoms with Gasteiger partial charge in [0.1, 0.15) is 0 Å². The first kappa shape index (κ1) is 17.5. The molecule has 6 heteroatoms. The highest BCUT2D eigenvalue weighted by Gasteiger charge is 2.55. The first-order valence-electron chi connectivity index (χ1n) is 8.81. The number of hydrogen-bond donors (Lipinski definition) is 2. The molecule has 1 fully saturated rings. The molecule has 3 rings (SSSR count). The summed E-state index contributed by atoms with van der Waals surface area (Å²) in [6, 6.07) is 5.66. The molecule has 1 aromatic carbocycles. The van der Waals surface area contributed by atoms with Crippen LogP contribution in [-0.2, 0) is 19.8 Å². The summed E-state index contributed by atoms with van der Waals surface area (Å²) in [5.74, 6) is -0.0525. The van der Waals surface area contributed by atoms with Crippen LogP contribution in [-0.4, -0.2) is 31.3 Å². The normalized spacial score (nSPS) is 25.0. The predicted molar refractivity (Wildman–Crippen MR) is 96.5 cm³/mol. The standard InChI is InChI=1S/C19H25N3O3/c1-12(23)20-11-14-6-4-5-9-19(14)16-10-15(21-13(2)24)7-8-17(16)22(3)18(19)25/h7-8,10,14H,4-6,9,11H2,1-3H3,(H,20,23)(H,21,24). The first-order chi connectivity index (χ1) is 11.9. The van der Waals surface area contributed by atoms with Crippen LogP contribution in [0.15, 0.2) is 18.2 Å². The Morgan fingerprint density at radius 2 is 2.00 bits per heavy atom. The minimum atomic E-state index is -0.612. The lowest BCUT2D eigenvalue weighted by Crippen LogP contribution is -2.50. The maximum Gasteiger partial charge on any atom is 0.237 e. The predicted octanol–water partition coefficient (Wildman–Crippen LogP) is 2.19. The van der Waals surface area contributed by atoms with Crippen LogP contribution in [0.4, 0.5) is 11.4 Å². The number of carbonyl (C=O) groups is 3. The number of carbonyl (C=O) groups excluding carboxylic acids is 3. The van der Waals surface area contributed by atoms with Crippen molar-refractivity contribution in [2.45, 2.75) is 44.9 Å². The maximum absolute atomic E-state index is 13.3. The average Bonchev–Trinajstić information content (AvgIpc) is 2.76. The molecule has 1 heterocycles. The molecule has 3 amide bonds. The Morgan fingerprint density at radius 3 is 2.68 bits per heavy atom. The van der Waals surface area contributed by atoms with Crippen molar-refractivity contribution in [1.29, 1.82) is 0 Å². The second kappa shape index (κ2) is 6.50. The fourth-order valence-electron chi connectivity index (χ4n) is 4.42. The van der Waals surface area contributed by atoms with E-state index in [9.17, 15) is 14.4 Å². The topological polar surface area (TPSA) is 78.5 Å². The zero-order valence-electron chi connectivity index (χ0n) is 15.0. The van der Waals surface area contributed by atoms with Crippen LogP contribution in [0.1, 0.15) is 45.1 Å². The lowest BCUT2D eigenvalue weighted by molar-refractivity contribution is -0.127. The number of nitrogens with one attached hydrogen (secondary N) is 2. The van der Waals surface area contributed by atoms with Crippen molar-refractivity contribution in [2.75, 3.05) is 23.8 Å². The largest absolute Gasteiger partial charge is 0.356 e. The lowest BCUT2D eigenvalue weighted by atomic mass is 9.63. The Labute approximate surface area is 148 Å². The van der Waals surface area contributed by atoms with Crippen molar-refractivity contribution in [3.8, 4) is 0 Å². The van der Waals surface area contributed by atoms with E-state index in [0.29, 0.717) is 12.2 Å². The smallest absolute Gasteiger partial charge is 0.237 e. The summed E-state index contributed by atoms with van der Waals surface area (Å²) in [6.07, 6.45) is 3.73. The molecule has 2 N–H and O–H groups in total. The van der Waals surface area contributed by atoms with E-state index in [-0.39, 0.29) is 23.6 Å². The summed E-state index contributed by atoms with van der Waals surface area (Å²) in [4.78, 5) is 37.8. The summed E-state index contributed by atoms with van der Waals surface area (Å²) in [6.45, 7) is 3.47. The average molecular weight is 343 g/mol. The summed E-state index contributed by atoms with van der Waals surface area (Å²) in [5.41, 5.74) is 1.96. The van der Waals surface area contributed by atoms with E-state index in [1.165, 1.54) is 13.8 Å². The molecule has 0 saturated heterocycles. The molecule has 1 aliphatic heterocycles. The van der Waals surface area contributed by atoms with Crippen LogP contribution in [0.5, 0.6) is 0 Å². The molecule has 1 spiro atoms. The van der Waals surface area contributed by atoms with Crippen LogP contribution in [0.2, 0.25) is 0 Å². The van der Waals surface area contributed by atoms with Gasteiger partial charge in [-0.15, -0.1) is 0 Å². The van der Waals surface area contributed by atoms with Gasteiger partial charge in [-0.3, -0.25) is 14.4 Å². The van der Waals surface area contributed by atoms with E-state index >= 15 is 0 Å². The van der Waals surface area contributed by atoms with Crippen molar-refractivity contribution >= 4 is 29.1 Å². The third kappa shape index (κ3) is 2.90. The van der Waals surface area contributed by atoms with Gasteiger partial charge in [0.2, 0.25) is 17.7 Å². The Kier molecular flexibility index (Phi) is 4.54. The van der Waals surface area contributed by atoms with Gasteiger partial charge >= 0.3 is 0 Å². The number of hydrogen-bond acceptors (Lipinski definition) is 3. The molecule has 2 atom stereocenters. The van der Waals surface area contributed by atoms with Crippen molar-refractivity contribution in [3.05, 3.63) is 23.8 Å². The van der Waals surface area contributed by atoms with E-state index in [0.717, 1.165) is 36.9 Å². The quantitative estimate of drug-likeness (QED) is 0.883.